The first-order valence-corrected chi connectivity index (χ1v) is 17.8. The number of hydrogen-bond donors (Lipinski definition) is 0. The molecule has 0 radical (unpaired) electrons. The van der Waals surface area contributed by atoms with E-state index in [-0.39, 0.29) is 0 Å². The second kappa shape index (κ2) is 24.2. The lowest BCUT2D eigenvalue weighted by Gasteiger charge is -2.21. The zero-order valence-electron chi connectivity index (χ0n) is 30.9. The molecule has 41 heavy (non-hydrogen) atoms. The summed E-state index contributed by atoms with van der Waals surface area (Å²) in [4.78, 5) is 0. The van der Waals surface area contributed by atoms with Gasteiger partial charge >= 0.3 is 0 Å². The fraction of sp³-hybridized carbons (Fsp3) is 0.756. The van der Waals surface area contributed by atoms with Crippen LogP contribution in [-0.2, 0) is 0 Å². The molecule has 0 heterocycles. The molecule has 240 valence electrons. The lowest BCUT2D eigenvalue weighted by molar-refractivity contribution is 0.331. The van der Waals surface area contributed by atoms with Crippen molar-refractivity contribution in [2.45, 2.75) is 174 Å². The van der Waals surface area contributed by atoms with Crippen molar-refractivity contribution in [2.75, 3.05) is 0 Å². The van der Waals surface area contributed by atoms with Crippen LogP contribution in [0, 0.1) is 29.6 Å². The molecule has 0 bridgehead atoms. The summed E-state index contributed by atoms with van der Waals surface area (Å²) in [6.45, 7) is 39.2. The van der Waals surface area contributed by atoms with Crippen molar-refractivity contribution < 1.29 is 0 Å². The summed E-state index contributed by atoms with van der Waals surface area (Å²) < 4.78 is 0. The highest BCUT2D eigenvalue weighted by Crippen LogP contribution is 2.50. The van der Waals surface area contributed by atoms with Gasteiger partial charge in [-0.15, -0.1) is 0 Å². The summed E-state index contributed by atoms with van der Waals surface area (Å²) >= 11 is 0. The quantitative estimate of drug-likeness (QED) is 0.243. The Morgan fingerprint density at radius 2 is 1.34 bits per heavy atom. The van der Waals surface area contributed by atoms with Crippen molar-refractivity contribution in [1.82, 2.24) is 0 Å². The van der Waals surface area contributed by atoms with Crippen LogP contribution in [0.1, 0.15) is 174 Å². The first-order valence-electron chi connectivity index (χ1n) is 17.8. The highest BCUT2D eigenvalue weighted by atomic mass is 14.4. The third-order valence-electron chi connectivity index (χ3n) is 9.52. The molecule has 0 aromatic rings. The van der Waals surface area contributed by atoms with Gasteiger partial charge in [-0.2, -0.15) is 0 Å². The molecular formula is C41H76. The number of rotatable bonds is 9. The molecule has 0 heteroatoms. The predicted octanol–water partition coefficient (Wildman–Crippen LogP) is 14.6. The third-order valence-corrected chi connectivity index (χ3v) is 9.52. The Labute approximate surface area is 261 Å². The van der Waals surface area contributed by atoms with Crippen molar-refractivity contribution in [3.63, 3.8) is 0 Å². The topological polar surface area (TPSA) is 0 Å². The minimum atomic E-state index is 0.712. The van der Waals surface area contributed by atoms with Gasteiger partial charge in [0.2, 0.25) is 0 Å². The fourth-order valence-electron chi connectivity index (χ4n) is 6.12. The average Bonchev–Trinajstić information content (AvgIpc) is 3.65. The van der Waals surface area contributed by atoms with Gasteiger partial charge in [-0.25, -0.2) is 0 Å². The minimum absolute atomic E-state index is 0.712. The Morgan fingerprint density at radius 3 is 1.61 bits per heavy atom. The zero-order chi connectivity index (χ0) is 32.1. The summed E-state index contributed by atoms with van der Waals surface area (Å²) in [6.07, 6.45) is 18.5. The maximum atomic E-state index is 4.05. The standard InChI is InChI=1S/C14H24.C10H16.C10H18.C5H12.C2H6/c1-8(2)10(5)11(6)14-12(7)13(14)9(3)4;1-8(2)10-6-4-9(3)5-7-10;1-3-9-7-5-6-8-10(9)4-2;1-3-5-4-2;1-2/h8,10-12H,3H2,1-2,4-7H3;4,10H,1,5-7H2,2-3H3;3-8H2,1-2H3;3-5H2,1-2H3;1-2H3. The van der Waals surface area contributed by atoms with E-state index in [2.05, 4.69) is 102 Å². The van der Waals surface area contributed by atoms with Crippen molar-refractivity contribution >= 4 is 0 Å². The normalized spacial score (nSPS) is 20.9. The summed E-state index contributed by atoms with van der Waals surface area (Å²) in [5.41, 5.74) is 10.9. The van der Waals surface area contributed by atoms with Gasteiger partial charge in [-0.3, -0.25) is 0 Å². The monoisotopic (exact) mass is 569 g/mol. The lowest BCUT2D eigenvalue weighted by Crippen LogP contribution is -2.14. The van der Waals surface area contributed by atoms with E-state index in [1.807, 2.05) is 13.8 Å². The van der Waals surface area contributed by atoms with E-state index in [0.29, 0.717) is 5.92 Å². The molecule has 0 spiro atoms. The SMILES string of the molecule is C=C(C)C1=C(C(C)C(C)C(C)C)C1C.C=C(C)C1CC=C(C)CC1.CC.CCC1=C(CC)CCCC1.CCCCC. The maximum Gasteiger partial charge on any atom is 0.00310 e. The van der Waals surface area contributed by atoms with Crippen LogP contribution < -0.4 is 0 Å². The molecule has 0 amide bonds. The van der Waals surface area contributed by atoms with Crippen LogP contribution in [0.4, 0.5) is 0 Å². The zero-order valence-corrected chi connectivity index (χ0v) is 30.9. The van der Waals surface area contributed by atoms with Gasteiger partial charge in [0, 0.05) is 5.92 Å². The van der Waals surface area contributed by atoms with E-state index in [0.717, 1.165) is 23.7 Å². The largest absolute Gasteiger partial charge is 0.0998 e. The summed E-state index contributed by atoms with van der Waals surface area (Å²) in [5.74, 6) is 3.77. The Bertz CT molecular complexity index is 793. The lowest BCUT2D eigenvalue weighted by atomic mass is 9.84. The van der Waals surface area contributed by atoms with Crippen molar-refractivity contribution in [3.8, 4) is 0 Å². The van der Waals surface area contributed by atoms with Gasteiger partial charge in [0.15, 0.2) is 0 Å². The van der Waals surface area contributed by atoms with Crippen LogP contribution >= 0.6 is 0 Å². The molecule has 0 N–H and O–H groups in total. The Kier molecular flexibility index (Phi) is 24.7. The molecule has 0 aromatic heterocycles. The second-order valence-corrected chi connectivity index (χ2v) is 13.1. The van der Waals surface area contributed by atoms with Crippen LogP contribution in [0.15, 0.2) is 58.2 Å². The summed E-state index contributed by atoms with van der Waals surface area (Å²) in [7, 11) is 0. The second-order valence-electron chi connectivity index (χ2n) is 13.1. The molecule has 3 rings (SSSR count). The van der Waals surface area contributed by atoms with Crippen molar-refractivity contribution in [3.05, 3.63) is 58.2 Å². The Morgan fingerprint density at radius 1 is 0.854 bits per heavy atom. The van der Waals surface area contributed by atoms with Crippen LogP contribution in [0.25, 0.3) is 0 Å². The first kappa shape index (κ1) is 41.8. The van der Waals surface area contributed by atoms with E-state index >= 15 is 0 Å². The molecule has 0 saturated carbocycles. The number of allylic oxidation sites excluding steroid dienone is 8. The fourth-order valence-corrected chi connectivity index (χ4v) is 6.12. The van der Waals surface area contributed by atoms with E-state index < -0.39 is 0 Å². The minimum Gasteiger partial charge on any atom is -0.0998 e. The Balaban J connectivity index is 0. The molecule has 0 aromatic carbocycles. The van der Waals surface area contributed by atoms with E-state index in [9.17, 15) is 0 Å². The third kappa shape index (κ3) is 16.8. The summed E-state index contributed by atoms with van der Waals surface area (Å²) in [5, 5.41) is 0. The molecule has 0 aliphatic heterocycles. The van der Waals surface area contributed by atoms with E-state index in [4.69, 9.17) is 0 Å². The first-order chi connectivity index (χ1) is 19.4. The van der Waals surface area contributed by atoms with Gasteiger partial charge in [0.25, 0.3) is 0 Å². The van der Waals surface area contributed by atoms with Crippen LogP contribution in [0.5, 0.6) is 0 Å². The van der Waals surface area contributed by atoms with Gasteiger partial charge in [-0.05, 0) is 108 Å². The van der Waals surface area contributed by atoms with Gasteiger partial charge < -0.3 is 0 Å². The van der Waals surface area contributed by atoms with Gasteiger partial charge in [0.1, 0.15) is 0 Å². The number of hydrogen-bond acceptors (Lipinski definition) is 0. The molecule has 3 aliphatic rings. The molecule has 0 nitrogen and oxygen atoms in total. The predicted molar refractivity (Wildman–Crippen MR) is 193 cm³/mol. The van der Waals surface area contributed by atoms with Crippen molar-refractivity contribution in [2.24, 2.45) is 29.6 Å². The molecule has 3 aliphatic carbocycles. The highest BCUT2D eigenvalue weighted by molar-refractivity contribution is 5.52. The smallest absolute Gasteiger partial charge is 0.00310 e. The van der Waals surface area contributed by atoms with E-state index in [1.165, 1.54) is 88.2 Å². The molecule has 4 unspecified atom stereocenters. The Hall–Kier alpha value is -1.30. The molecule has 4 atom stereocenters. The maximum absolute atomic E-state index is 4.05. The van der Waals surface area contributed by atoms with Crippen LogP contribution in [0.2, 0.25) is 0 Å². The molecular weight excluding hydrogens is 492 g/mol. The summed E-state index contributed by atoms with van der Waals surface area (Å²) in [6, 6.07) is 0. The highest BCUT2D eigenvalue weighted by Gasteiger charge is 2.38. The van der Waals surface area contributed by atoms with Gasteiger partial charge in [0.05, 0.1) is 0 Å². The van der Waals surface area contributed by atoms with E-state index in [1.54, 1.807) is 27.9 Å². The average molecular weight is 569 g/mol. The molecule has 0 saturated heterocycles. The van der Waals surface area contributed by atoms with Gasteiger partial charge in [-0.1, -0.05) is 148 Å². The number of unbranched alkanes of at least 4 members (excludes halogenated alkanes) is 2. The van der Waals surface area contributed by atoms with Crippen LogP contribution in [0.3, 0.4) is 0 Å². The van der Waals surface area contributed by atoms with Crippen LogP contribution in [-0.4, -0.2) is 0 Å². The molecule has 0 fully saturated rings. The van der Waals surface area contributed by atoms with Crippen molar-refractivity contribution in [1.29, 1.82) is 0 Å².